The topological polar surface area (TPSA) is 80.1 Å². The Morgan fingerprint density at radius 3 is 2.33 bits per heavy atom. The minimum absolute atomic E-state index is 0.0791. The summed E-state index contributed by atoms with van der Waals surface area (Å²) in [6.45, 7) is 10.3. The Kier molecular flexibility index (Phi) is 5.04. The summed E-state index contributed by atoms with van der Waals surface area (Å²) in [7, 11) is 1.61. The second kappa shape index (κ2) is 6.05. The molecule has 0 aliphatic heterocycles. The summed E-state index contributed by atoms with van der Waals surface area (Å²) >= 11 is 5.95. The van der Waals surface area contributed by atoms with Crippen molar-refractivity contribution >= 4 is 28.8 Å². The minimum atomic E-state index is -0.454. The molecule has 6 nitrogen and oxygen atoms in total. The lowest BCUT2D eigenvalue weighted by molar-refractivity contribution is -0.383. The summed E-state index contributed by atoms with van der Waals surface area (Å²) in [6.07, 6.45) is 0.820. The molecule has 1 rings (SSSR count). The van der Waals surface area contributed by atoms with Crippen LogP contribution in [0.15, 0.2) is 6.07 Å². The Balaban J connectivity index is 3.24. The van der Waals surface area contributed by atoms with Gasteiger partial charge in [0.15, 0.2) is 0 Å². The van der Waals surface area contributed by atoms with Crippen LogP contribution in [0.25, 0.3) is 0 Å². The summed E-state index contributed by atoms with van der Waals surface area (Å²) in [5, 5.41) is 17.5. The van der Waals surface area contributed by atoms with Crippen molar-refractivity contribution in [2.45, 2.75) is 46.6 Å². The third kappa shape index (κ3) is 5.04. The molecule has 1 aromatic rings. The molecule has 0 fully saturated rings. The van der Waals surface area contributed by atoms with Gasteiger partial charge in [0, 0.05) is 18.7 Å². The Morgan fingerprint density at radius 2 is 1.90 bits per heavy atom. The fourth-order valence-corrected chi connectivity index (χ4v) is 2.85. The van der Waals surface area contributed by atoms with Gasteiger partial charge < -0.3 is 10.6 Å². The standard InChI is InChI=1S/C14H23ClN4O2/c1-13(2,3)8-14(4,5)18-12-11(19(20)21)9(16-6)7-10(15)17-12/h7H,8H2,1-6H3,(H2,16,17,18). The predicted molar refractivity (Wildman–Crippen MR) is 87.2 cm³/mol. The Morgan fingerprint density at radius 1 is 1.33 bits per heavy atom. The quantitative estimate of drug-likeness (QED) is 0.481. The van der Waals surface area contributed by atoms with Crippen LogP contribution in [-0.4, -0.2) is 22.5 Å². The number of pyridine rings is 1. The number of nitro groups is 1. The zero-order valence-electron chi connectivity index (χ0n) is 13.4. The van der Waals surface area contributed by atoms with Crippen molar-refractivity contribution in [2.75, 3.05) is 17.7 Å². The zero-order chi connectivity index (χ0) is 16.4. The van der Waals surface area contributed by atoms with Crippen LogP contribution < -0.4 is 10.6 Å². The van der Waals surface area contributed by atoms with E-state index in [4.69, 9.17) is 11.6 Å². The monoisotopic (exact) mass is 314 g/mol. The second-order valence-electron chi connectivity index (χ2n) is 6.94. The van der Waals surface area contributed by atoms with Gasteiger partial charge in [0.25, 0.3) is 0 Å². The van der Waals surface area contributed by atoms with Crippen LogP contribution in [0.2, 0.25) is 5.15 Å². The summed E-state index contributed by atoms with van der Waals surface area (Å²) in [5.41, 5.74) is -0.0283. The van der Waals surface area contributed by atoms with E-state index in [0.29, 0.717) is 5.69 Å². The fourth-order valence-electron chi connectivity index (χ4n) is 2.66. The van der Waals surface area contributed by atoms with E-state index in [1.165, 1.54) is 6.07 Å². The number of hydrogen-bond acceptors (Lipinski definition) is 5. The van der Waals surface area contributed by atoms with Crippen LogP contribution in [0.5, 0.6) is 0 Å². The predicted octanol–water partition coefficient (Wildman–Crippen LogP) is 4.31. The zero-order valence-corrected chi connectivity index (χ0v) is 14.1. The molecule has 0 aliphatic rings. The van der Waals surface area contributed by atoms with Gasteiger partial charge in [-0.05, 0) is 25.7 Å². The number of halogens is 1. The maximum atomic E-state index is 11.3. The van der Waals surface area contributed by atoms with Gasteiger partial charge in [0.1, 0.15) is 10.8 Å². The molecule has 0 aliphatic carbocycles. The third-order valence-electron chi connectivity index (χ3n) is 2.84. The normalized spacial score (nSPS) is 12.1. The molecule has 0 radical (unpaired) electrons. The molecule has 118 valence electrons. The fraction of sp³-hybridized carbons (Fsp3) is 0.643. The van der Waals surface area contributed by atoms with E-state index < -0.39 is 4.92 Å². The molecular weight excluding hydrogens is 292 g/mol. The molecule has 0 aromatic carbocycles. The van der Waals surface area contributed by atoms with Crippen LogP contribution >= 0.6 is 11.6 Å². The summed E-state index contributed by atoms with van der Waals surface area (Å²) < 4.78 is 0. The van der Waals surface area contributed by atoms with Crippen molar-refractivity contribution in [2.24, 2.45) is 5.41 Å². The maximum absolute atomic E-state index is 11.3. The third-order valence-corrected chi connectivity index (χ3v) is 3.04. The van der Waals surface area contributed by atoms with Crippen LogP contribution in [0.1, 0.15) is 41.0 Å². The molecule has 0 unspecified atom stereocenters. The van der Waals surface area contributed by atoms with Gasteiger partial charge in [-0.15, -0.1) is 0 Å². The maximum Gasteiger partial charge on any atom is 0.334 e. The highest BCUT2D eigenvalue weighted by atomic mass is 35.5. The number of nitrogens with one attached hydrogen (secondary N) is 2. The lowest BCUT2D eigenvalue weighted by Crippen LogP contribution is -2.36. The van der Waals surface area contributed by atoms with Gasteiger partial charge in [-0.25, -0.2) is 4.98 Å². The Labute approximate surface area is 130 Å². The number of hydrogen-bond donors (Lipinski definition) is 2. The lowest BCUT2D eigenvalue weighted by atomic mass is 9.82. The Bertz CT molecular complexity index is 539. The summed E-state index contributed by atoms with van der Waals surface area (Å²) in [6, 6.07) is 1.45. The molecular formula is C14H23ClN4O2. The van der Waals surface area contributed by atoms with Crippen LogP contribution in [0.4, 0.5) is 17.2 Å². The molecule has 0 bridgehead atoms. The molecule has 2 N–H and O–H groups in total. The van der Waals surface area contributed by atoms with Crippen molar-refractivity contribution in [1.29, 1.82) is 0 Å². The largest absolute Gasteiger partial charge is 0.382 e. The number of nitrogens with zero attached hydrogens (tertiary/aromatic N) is 2. The van der Waals surface area contributed by atoms with E-state index in [2.05, 4.69) is 36.4 Å². The van der Waals surface area contributed by atoms with Gasteiger partial charge in [-0.2, -0.15) is 0 Å². The van der Waals surface area contributed by atoms with E-state index in [9.17, 15) is 10.1 Å². The lowest BCUT2D eigenvalue weighted by Gasteiger charge is -2.33. The number of aromatic nitrogens is 1. The summed E-state index contributed by atoms with van der Waals surface area (Å²) in [4.78, 5) is 15.0. The highest BCUT2D eigenvalue weighted by molar-refractivity contribution is 6.30. The summed E-state index contributed by atoms with van der Waals surface area (Å²) in [5.74, 6) is 0.186. The molecule has 1 heterocycles. The SMILES string of the molecule is CNc1cc(Cl)nc(NC(C)(C)CC(C)(C)C)c1[N+](=O)[O-]. The molecule has 0 saturated carbocycles. The van der Waals surface area contributed by atoms with Gasteiger partial charge in [0.05, 0.1) is 4.92 Å². The number of anilines is 2. The van der Waals surface area contributed by atoms with Gasteiger partial charge in [0.2, 0.25) is 5.82 Å². The first-order chi connectivity index (χ1) is 9.45. The minimum Gasteiger partial charge on any atom is -0.382 e. The molecule has 7 heteroatoms. The Hall–Kier alpha value is -1.56. The molecule has 1 aromatic heterocycles. The van der Waals surface area contributed by atoms with Gasteiger partial charge in [-0.1, -0.05) is 32.4 Å². The second-order valence-corrected chi connectivity index (χ2v) is 7.33. The van der Waals surface area contributed by atoms with E-state index >= 15 is 0 Å². The first-order valence-electron chi connectivity index (χ1n) is 6.76. The van der Waals surface area contributed by atoms with Crippen LogP contribution in [0, 0.1) is 15.5 Å². The average Bonchev–Trinajstić information content (AvgIpc) is 2.22. The number of rotatable bonds is 5. The first-order valence-corrected chi connectivity index (χ1v) is 7.14. The van der Waals surface area contributed by atoms with Gasteiger partial charge in [-0.3, -0.25) is 10.1 Å². The van der Waals surface area contributed by atoms with Crippen LogP contribution in [0.3, 0.4) is 0 Å². The van der Waals surface area contributed by atoms with Crippen molar-refractivity contribution < 1.29 is 4.92 Å². The van der Waals surface area contributed by atoms with Crippen LogP contribution in [-0.2, 0) is 0 Å². The highest BCUT2D eigenvalue weighted by Gasteiger charge is 2.30. The molecule has 0 saturated heterocycles. The van der Waals surface area contributed by atoms with E-state index in [1.54, 1.807) is 7.05 Å². The first kappa shape index (κ1) is 17.5. The molecule has 0 amide bonds. The van der Waals surface area contributed by atoms with E-state index in [0.717, 1.165) is 6.42 Å². The smallest absolute Gasteiger partial charge is 0.334 e. The van der Waals surface area contributed by atoms with E-state index in [-0.39, 0.29) is 27.6 Å². The van der Waals surface area contributed by atoms with Gasteiger partial charge >= 0.3 is 5.69 Å². The average molecular weight is 315 g/mol. The van der Waals surface area contributed by atoms with Crippen molar-refractivity contribution in [1.82, 2.24) is 4.98 Å². The molecule has 21 heavy (non-hydrogen) atoms. The molecule has 0 spiro atoms. The highest BCUT2D eigenvalue weighted by Crippen LogP contribution is 2.37. The van der Waals surface area contributed by atoms with Crippen molar-refractivity contribution in [3.8, 4) is 0 Å². The van der Waals surface area contributed by atoms with E-state index in [1.807, 2.05) is 13.8 Å². The van der Waals surface area contributed by atoms with Crippen molar-refractivity contribution in [3.63, 3.8) is 0 Å². The molecule has 0 atom stereocenters. The van der Waals surface area contributed by atoms with Crippen molar-refractivity contribution in [3.05, 3.63) is 21.3 Å².